The zero-order valence-corrected chi connectivity index (χ0v) is 11.0. The van der Waals surface area contributed by atoms with E-state index in [1.54, 1.807) is 0 Å². The van der Waals surface area contributed by atoms with Gasteiger partial charge in [0.1, 0.15) is 0 Å². The molecule has 0 rings (SSSR count). The third-order valence-corrected chi connectivity index (χ3v) is 3.14. The first kappa shape index (κ1) is 13.9. The minimum atomic E-state index is 0.217. The molecule has 0 heterocycles. The van der Waals surface area contributed by atoms with Crippen molar-refractivity contribution >= 4 is 0 Å². The van der Waals surface area contributed by atoms with Crippen LogP contribution in [0.1, 0.15) is 41.5 Å². The average Bonchev–Trinajstić information content (AvgIpc) is 2.00. The van der Waals surface area contributed by atoms with Crippen LogP contribution in [0.4, 0.5) is 0 Å². The Morgan fingerprint density at radius 1 is 1.14 bits per heavy atom. The first-order chi connectivity index (χ1) is 6.10. The third kappa shape index (κ3) is 4.43. The maximum Gasteiger partial charge on any atom is 0.0113 e. The SMILES string of the molecule is CC(N(C)CC(C)(C)CN)C(C)(C)C. The second kappa shape index (κ2) is 4.63. The molecule has 1 atom stereocenters. The Kier molecular flexibility index (Phi) is 4.60. The summed E-state index contributed by atoms with van der Waals surface area (Å²) in [5, 5.41) is 0. The Morgan fingerprint density at radius 2 is 1.57 bits per heavy atom. The van der Waals surface area contributed by atoms with Crippen LogP contribution in [0.15, 0.2) is 0 Å². The smallest absolute Gasteiger partial charge is 0.0113 e. The van der Waals surface area contributed by atoms with Crippen molar-refractivity contribution in [2.45, 2.75) is 47.6 Å². The van der Waals surface area contributed by atoms with E-state index in [0.29, 0.717) is 11.5 Å². The Balaban J connectivity index is 4.28. The zero-order chi connectivity index (χ0) is 11.6. The van der Waals surface area contributed by atoms with Gasteiger partial charge in [-0.15, -0.1) is 0 Å². The highest BCUT2D eigenvalue weighted by atomic mass is 15.1. The summed E-state index contributed by atoms with van der Waals surface area (Å²) in [4.78, 5) is 2.41. The van der Waals surface area contributed by atoms with Gasteiger partial charge < -0.3 is 10.6 Å². The summed E-state index contributed by atoms with van der Waals surface area (Å²) in [6.45, 7) is 15.4. The highest BCUT2D eigenvalue weighted by Crippen LogP contribution is 2.25. The lowest BCUT2D eigenvalue weighted by Gasteiger charge is -2.39. The standard InChI is InChI=1S/C12H28N2/c1-10(11(2,3)4)14(7)9-12(5,6)8-13/h10H,8-9,13H2,1-7H3. The molecule has 0 bridgehead atoms. The van der Waals surface area contributed by atoms with Crippen LogP contribution >= 0.6 is 0 Å². The summed E-state index contributed by atoms with van der Waals surface area (Å²) in [5.41, 5.74) is 6.29. The van der Waals surface area contributed by atoms with E-state index in [1.165, 1.54) is 0 Å². The Morgan fingerprint density at radius 3 is 1.86 bits per heavy atom. The molecule has 0 radical (unpaired) electrons. The summed E-state index contributed by atoms with van der Waals surface area (Å²) < 4.78 is 0. The van der Waals surface area contributed by atoms with Crippen molar-refractivity contribution in [1.82, 2.24) is 4.90 Å². The van der Waals surface area contributed by atoms with E-state index in [-0.39, 0.29) is 5.41 Å². The summed E-state index contributed by atoms with van der Waals surface area (Å²) in [6.07, 6.45) is 0. The van der Waals surface area contributed by atoms with E-state index in [9.17, 15) is 0 Å². The lowest BCUT2D eigenvalue weighted by atomic mass is 9.85. The molecule has 0 aliphatic carbocycles. The van der Waals surface area contributed by atoms with E-state index in [0.717, 1.165) is 13.1 Å². The molecule has 2 heteroatoms. The van der Waals surface area contributed by atoms with Crippen molar-refractivity contribution in [3.8, 4) is 0 Å². The van der Waals surface area contributed by atoms with Crippen LogP contribution in [-0.2, 0) is 0 Å². The topological polar surface area (TPSA) is 29.3 Å². The van der Waals surface area contributed by atoms with Crippen molar-refractivity contribution in [3.05, 3.63) is 0 Å². The van der Waals surface area contributed by atoms with Gasteiger partial charge in [0, 0.05) is 12.6 Å². The molecule has 0 aromatic heterocycles. The van der Waals surface area contributed by atoms with E-state index in [2.05, 4.69) is 53.5 Å². The van der Waals surface area contributed by atoms with Gasteiger partial charge in [-0.05, 0) is 31.3 Å². The van der Waals surface area contributed by atoms with E-state index in [4.69, 9.17) is 5.73 Å². The maximum atomic E-state index is 5.74. The minimum absolute atomic E-state index is 0.217. The van der Waals surface area contributed by atoms with E-state index >= 15 is 0 Å². The van der Waals surface area contributed by atoms with Gasteiger partial charge in [-0.2, -0.15) is 0 Å². The van der Waals surface area contributed by atoms with Gasteiger partial charge in [-0.25, -0.2) is 0 Å². The maximum absolute atomic E-state index is 5.74. The molecular weight excluding hydrogens is 172 g/mol. The molecule has 0 aromatic rings. The van der Waals surface area contributed by atoms with Crippen molar-refractivity contribution in [1.29, 1.82) is 0 Å². The fourth-order valence-corrected chi connectivity index (χ4v) is 1.54. The molecule has 0 amide bonds. The van der Waals surface area contributed by atoms with E-state index in [1.807, 2.05) is 0 Å². The molecule has 1 unspecified atom stereocenters. The highest BCUT2D eigenvalue weighted by Gasteiger charge is 2.27. The molecule has 0 saturated heterocycles. The molecule has 2 nitrogen and oxygen atoms in total. The summed E-state index contributed by atoms with van der Waals surface area (Å²) in [7, 11) is 2.19. The molecule has 86 valence electrons. The van der Waals surface area contributed by atoms with Crippen molar-refractivity contribution in [3.63, 3.8) is 0 Å². The minimum Gasteiger partial charge on any atom is -0.330 e. The predicted octanol–water partition coefficient (Wildman–Crippen LogP) is 2.34. The second-order valence-corrected chi connectivity index (χ2v) is 6.33. The summed E-state index contributed by atoms with van der Waals surface area (Å²) >= 11 is 0. The van der Waals surface area contributed by atoms with Gasteiger partial charge in [-0.1, -0.05) is 34.6 Å². The van der Waals surface area contributed by atoms with Crippen LogP contribution in [0, 0.1) is 10.8 Å². The fraction of sp³-hybridized carbons (Fsp3) is 1.00. The number of nitrogens with two attached hydrogens (primary N) is 1. The van der Waals surface area contributed by atoms with Crippen LogP contribution in [0.2, 0.25) is 0 Å². The van der Waals surface area contributed by atoms with Crippen LogP contribution in [0.3, 0.4) is 0 Å². The third-order valence-electron chi connectivity index (χ3n) is 3.14. The van der Waals surface area contributed by atoms with Crippen LogP contribution < -0.4 is 5.73 Å². The van der Waals surface area contributed by atoms with Crippen molar-refractivity contribution in [2.24, 2.45) is 16.6 Å². The van der Waals surface area contributed by atoms with Crippen molar-refractivity contribution < 1.29 is 0 Å². The van der Waals surface area contributed by atoms with Gasteiger partial charge in [0.15, 0.2) is 0 Å². The Bertz CT molecular complexity index is 168. The largest absolute Gasteiger partial charge is 0.330 e. The molecule has 0 saturated carbocycles. The summed E-state index contributed by atoms with van der Waals surface area (Å²) in [5.74, 6) is 0. The number of rotatable bonds is 4. The summed E-state index contributed by atoms with van der Waals surface area (Å²) in [6, 6.07) is 0.577. The Labute approximate surface area is 89.9 Å². The van der Waals surface area contributed by atoms with Gasteiger partial charge >= 0.3 is 0 Å². The predicted molar refractivity (Wildman–Crippen MR) is 64.4 cm³/mol. The number of hydrogen-bond donors (Lipinski definition) is 1. The average molecular weight is 200 g/mol. The van der Waals surface area contributed by atoms with Gasteiger partial charge in [-0.3, -0.25) is 0 Å². The van der Waals surface area contributed by atoms with Crippen LogP contribution in [-0.4, -0.2) is 31.1 Å². The molecule has 0 aromatic carbocycles. The lowest BCUT2D eigenvalue weighted by Crippen LogP contribution is -2.45. The molecule has 0 aliphatic rings. The first-order valence-electron chi connectivity index (χ1n) is 5.50. The number of nitrogens with zero attached hydrogens (tertiary/aromatic N) is 1. The lowest BCUT2D eigenvalue weighted by molar-refractivity contribution is 0.101. The van der Waals surface area contributed by atoms with Gasteiger partial charge in [0.2, 0.25) is 0 Å². The zero-order valence-electron chi connectivity index (χ0n) is 11.0. The quantitative estimate of drug-likeness (QED) is 0.755. The second-order valence-electron chi connectivity index (χ2n) is 6.33. The fourth-order valence-electron chi connectivity index (χ4n) is 1.54. The molecule has 0 fully saturated rings. The Hall–Kier alpha value is -0.0800. The first-order valence-corrected chi connectivity index (χ1v) is 5.50. The molecule has 2 N–H and O–H groups in total. The van der Waals surface area contributed by atoms with E-state index < -0.39 is 0 Å². The molecule has 0 aliphatic heterocycles. The number of hydrogen-bond acceptors (Lipinski definition) is 2. The van der Waals surface area contributed by atoms with Crippen LogP contribution in [0.25, 0.3) is 0 Å². The molecule has 14 heavy (non-hydrogen) atoms. The molecule has 0 spiro atoms. The highest BCUT2D eigenvalue weighted by molar-refractivity contribution is 4.81. The molecular formula is C12H28N2. The van der Waals surface area contributed by atoms with Crippen molar-refractivity contribution in [2.75, 3.05) is 20.1 Å². The van der Waals surface area contributed by atoms with Crippen LogP contribution in [0.5, 0.6) is 0 Å². The monoisotopic (exact) mass is 200 g/mol. The normalized spacial score (nSPS) is 16.1. The van der Waals surface area contributed by atoms with Gasteiger partial charge in [0.05, 0.1) is 0 Å². The van der Waals surface area contributed by atoms with Gasteiger partial charge in [0.25, 0.3) is 0 Å².